The van der Waals surface area contributed by atoms with E-state index in [1.165, 1.54) is 11.9 Å². The van der Waals surface area contributed by atoms with E-state index in [0.717, 1.165) is 23.3 Å². The summed E-state index contributed by atoms with van der Waals surface area (Å²) in [5.74, 6) is -1.30. The van der Waals surface area contributed by atoms with Crippen molar-refractivity contribution < 1.29 is 19.2 Å². The average Bonchev–Trinajstić information content (AvgIpc) is 2.85. The normalized spacial score (nSPS) is 18.9. The van der Waals surface area contributed by atoms with Crippen LogP contribution in [-0.4, -0.2) is 59.2 Å². The molecule has 1 fully saturated rings. The Morgan fingerprint density at radius 2 is 1.77 bits per heavy atom. The lowest BCUT2D eigenvalue weighted by atomic mass is 9.91. The SMILES string of the molecule is CCCc1ccc(C2(C)NC(=O)N(CC(=O)N(C)CC(=O)NC(C)(C)C)C2=O)cc1. The molecule has 1 aliphatic heterocycles. The molecule has 164 valence electrons. The fourth-order valence-corrected chi connectivity index (χ4v) is 3.35. The minimum Gasteiger partial charge on any atom is -0.350 e. The molecule has 1 aromatic rings. The second-order valence-corrected chi connectivity index (χ2v) is 8.94. The van der Waals surface area contributed by atoms with Gasteiger partial charge in [-0.05, 0) is 45.2 Å². The predicted octanol–water partition coefficient (Wildman–Crippen LogP) is 1.78. The largest absolute Gasteiger partial charge is 0.350 e. The molecule has 0 radical (unpaired) electrons. The van der Waals surface area contributed by atoms with Crippen molar-refractivity contribution in [2.75, 3.05) is 20.1 Å². The first kappa shape index (κ1) is 23.4. The number of likely N-dealkylation sites (N-methyl/N-ethyl adjacent to an activating group) is 1. The lowest BCUT2D eigenvalue weighted by Gasteiger charge is -2.25. The number of urea groups is 1. The summed E-state index contributed by atoms with van der Waals surface area (Å²) in [5.41, 5.74) is 0.169. The Morgan fingerprint density at radius 1 is 1.17 bits per heavy atom. The molecule has 5 amide bonds. The van der Waals surface area contributed by atoms with Crippen LogP contribution in [0.2, 0.25) is 0 Å². The van der Waals surface area contributed by atoms with Gasteiger partial charge in [-0.1, -0.05) is 37.6 Å². The van der Waals surface area contributed by atoms with Crippen molar-refractivity contribution in [3.05, 3.63) is 35.4 Å². The van der Waals surface area contributed by atoms with E-state index in [-0.39, 0.29) is 12.5 Å². The monoisotopic (exact) mass is 416 g/mol. The molecule has 8 heteroatoms. The van der Waals surface area contributed by atoms with Crippen molar-refractivity contribution in [3.8, 4) is 0 Å². The second kappa shape index (κ2) is 8.85. The van der Waals surface area contributed by atoms with Gasteiger partial charge in [0.1, 0.15) is 12.1 Å². The Bertz CT molecular complexity index is 829. The molecule has 0 aromatic heterocycles. The topological polar surface area (TPSA) is 98.8 Å². The number of nitrogens with one attached hydrogen (secondary N) is 2. The van der Waals surface area contributed by atoms with Crippen LogP contribution in [0.3, 0.4) is 0 Å². The molecule has 30 heavy (non-hydrogen) atoms. The maximum atomic E-state index is 13.0. The maximum Gasteiger partial charge on any atom is 0.325 e. The summed E-state index contributed by atoms with van der Waals surface area (Å²) in [6.07, 6.45) is 1.95. The van der Waals surface area contributed by atoms with Crippen molar-refractivity contribution in [1.82, 2.24) is 20.4 Å². The molecule has 2 N–H and O–H groups in total. The van der Waals surface area contributed by atoms with E-state index in [2.05, 4.69) is 17.6 Å². The predicted molar refractivity (Wildman–Crippen MR) is 114 cm³/mol. The van der Waals surface area contributed by atoms with Gasteiger partial charge in [-0.15, -0.1) is 0 Å². The molecule has 1 atom stereocenters. The summed E-state index contributed by atoms with van der Waals surface area (Å²) < 4.78 is 0. The van der Waals surface area contributed by atoms with Gasteiger partial charge in [-0.25, -0.2) is 4.79 Å². The number of hydrogen-bond donors (Lipinski definition) is 2. The highest BCUT2D eigenvalue weighted by molar-refractivity contribution is 6.09. The van der Waals surface area contributed by atoms with Crippen LogP contribution < -0.4 is 10.6 Å². The van der Waals surface area contributed by atoms with Crippen LogP contribution in [-0.2, 0) is 26.3 Å². The smallest absolute Gasteiger partial charge is 0.325 e. The molecule has 1 saturated heterocycles. The lowest BCUT2D eigenvalue weighted by Crippen LogP contribution is -2.48. The van der Waals surface area contributed by atoms with Crippen molar-refractivity contribution in [2.45, 2.75) is 58.5 Å². The molecular formula is C22H32N4O4. The summed E-state index contributed by atoms with van der Waals surface area (Å²) in [6, 6.07) is 6.92. The highest BCUT2D eigenvalue weighted by Gasteiger charge is 2.49. The number of carbonyl (C=O) groups is 4. The van der Waals surface area contributed by atoms with E-state index in [4.69, 9.17) is 0 Å². The van der Waals surface area contributed by atoms with Crippen LogP contribution in [0.25, 0.3) is 0 Å². The quantitative estimate of drug-likeness (QED) is 0.662. The van der Waals surface area contributed by atoms with E-state index in [1.54, 1.807) is 6.92 Å². The molecule has 0 spiro atoms. The van der Waals surface area contributed by atoms with Gasteiger partial charge in [-0.3, -0.25) is 19.3 Å². The molecule has 8 nitrogen and oxygen atoms in total. The van der Waals surface area contributed by atoms with Gasteiger partial charge in [0, 0.05) is 12.6 Å². The van der Waals surface area contributed by atoms with Gasteiger partial charge in [0.05, 0.1) is 6.54 Å². The minimum absolute atomic E-state index is 0.157. The summed E-state index contributed by atoms with van der Waals surface area (Å²) in [5, 5.41) is 5.47. The number of amides is 5. The molecule has 2 rings (SSSR count). The van der Waals surface area contributed by atoms with Crippen LogP contribution in [0.1, 0.15) is 52.2 Å². The van der Waals surface area contributed by atoms with Crippen molar-refractivity contribution in [3.63, 3.8) is 0 Å². The Labute approximate surface area is 178 Å². The first-order valence-corrected chi connectivity index (χ1v) is 10.2. The van der Waals surface area contributed by atoms with E-state index < -0.39 is 35.5 Å². The third-order valence-electron chi connectivity index (χ3n) is 4.96. The Hall–Kier alpha value is -2.90. The zero-order chi connectivity index (χ0) is 22.7. The zero-order valence-corrected chi connectivity index (χ0v) is 18.7. The van der Waals surface area contributed by atoms with Crippen molar-refractivity contribution in [2.24, 2.45) is 0 Å². The van der Waals surface area contributed by atoms with Gasteiger partial charge < -0.3 is 15.5 Å². The van der Waals surface area contributed by atoms with Crippen LogP contribution in [0.5, 0.6) is 0 Å². The van der Waals surface area contributed by atoms with Crippen LogP contribution in [0, 0.1) is 0 Å². The molecule has 0 aliphatic carbocycles. The van der Waals surface area contributed by atoms with E-state index in [1.807, 2.05) is 45.0 Å². The van der Waals surface area contributed by atoms with Gasteiger partial charge in [-0.2, -0.15) is 0 Å². The molecular weight excluding hydrogens is 384 g/mol. The highest BCUT2D eigenvalue weighted by atomic mass is 16.2. The number of rotatable bonds is 7. The fraction of sp³-hybridized carbons (Fsp3) is 0.545. The zero-order valence-electron chi connectivity index (χ0n) is 18.7. The summed E-state index contributed by atoms with van der Waals surface area (Å²) in [6.45, 7) is 8.67. The first-order chi connectivity index (χ1) is 13.9. The average molecular weight is 417 g/mol. The van der Waals surface area contributed by atoms with Gasteiger partial charge >= 0.3 is 6.03 Å². The Kier molecular flexibility index (Phi) is 6.90. The Morgan fingerprint density at radius 3 is 2.30 bits per heavy atom. The molecule has 1 heterocycles. The number of nitrogens with zero attached hydrogens (tertiary/aromatic N) is 2. The highest BCUT2D eigenvalue weighted by Crippen LogP contribution is 2.29. The molecule has 1 aromatic carbocycles. The number of carbonyl (C=O) groups excluding carboxylic acids is 4. The van der Waals surface area contributed by atoms with E-state index in [9.17, 15) is 19.2 Å². The maximum absolute atomic E-state index is 13.0. The number of hydrogen-bond acceptors (Lipinski definition) is 4. The van der Waals surface area contributed by atoms with E-state index in [0.29, 0.717) is 5.56 Å². The fourth-order valence-electron chi connectivity index (χ4n) is 3.35. The van der Waals surface area contributed by atoms with Gasteiger partial charge in [0.15, 0.2) is 0 Å². The summed E-state index contributed by atoms with van der Waals surface area (Å²) in [4.78, 5) is 52.1. The lowest BCUT2D eigenvalue weighted by molar-refractivity contribution is -0.139. The third-order valence-corrected chi connectivity index (χ3v) is 4.96. The van der Waals surface area contributed by atoms with Crippen LogP contribution in [0.4, 0.5) is 4.79 Å². The first-order valence-electron chi connectivity index (χ1n) is 10.2. The summed E-state index contributed by atoms with van der Waals surface area (Å²) in [7, 11) is 1.47. The molecule has 0 bridgehead atoms. The number of aryl methyl sites for hydroxylation is 1. The molecule has 0 saturated carbocycles. The van der Waals surface area contributed by atoms with Gasteiger partial charge in [0.25, 0.3) is 5.91 Å². The van der Waals surface area contributed by atoms with Crippen molar-refractivity contribution >= 4 is 23.8 Å². The molecule has 1 aliphatic rings. The number of imide groups is 1. The second-order valence-electron chi connectivity index (χ2n) is 8.94. The Balaban J connectivity index is 2.06. The third kappa shape index (κ3) is 5.37. The van der Waals surface area contributed by atoms with Crippen LogP contribution in [0.15, 0.2) is 24.3 Å². The van der Waals surface area contributed by atoms with Crippen molar-refractivity contribution in [1.29, 1.82) is 0 Å². The van der Waals surface area contributed by atoms with Gasteiger partial charge in [0.2, 0.25) is 11.8 Å². The molecule has 1 unspecified atom stereocenters. The van der Waals surface area contributed by atoms with E-state index >= 15 is 0 Å². The number of benzene rings is 1. The minimum atomic E-state index is -1.23. The van der Waals surface area contributed by atoms with Crippen LogP contribution >= 0.6 is 0 Å². The standard InChI is InChI=1S/C22H32N4O4/c1-7-8-15-9-11-16(12-10-15)22(5)19(29)26(20(30)24-22)14-18(28)25(6)13-17(27)23-21(2,3)4/h9-12H,7-8,13-14H2,1-6H3,(H,23,27)(H,24,30). The summed E-state index contributed by atoms with van der Waals surface area (Å²) >= 11 is 0.